The molecule has 4 aromatic rings. The second-order valence-electron chi connectivity index (χ2n) is 7.33. The number of amides is 1. The SMILES string of the molecule is CN(CC(=O)Nc1ccc(Oc2ccccc2)cc1)C(CSc1ccccc1)c1nnn[nH]1. The highest BCUT2D eigenvalue weighted by Crippen LogP contribution is 2.26. The Kier molecular flexibility index (Phi) is 7.68. The van der Waals surface area contributed by atoms with Crippen molar-refractivity contribution in [2.45, 2.75) is 10.9 Å². The number of benzene rings is 3. The second-order valence-corrected chi connectivity index (χ2v) is 8.42. The molecule has 4 rings (SSSR count). The predicted molar refractivity (Wildman–Crippen MR) is 128 cm³/mol. The normalized spacial score (nSPS) is 11.8. The number of hydrogen-bond donors (Lipinski definition) is 2. The minimum atomic E-state index is -0.155. The average molecular weight is 461 g/mol. The molecule has 9 heteroatoms. The molecule has 0 radical (unpaired) electrons. The van der Waals surface area contributed by atoms with Crippen molar-refractivity contribution >= 4 is 23.4 Å². The number of hydrogen-bond acceptors (Lipinski definition) is 7. The van der Waals surface area contributed by atoms with E-state index in [1.807, 2.05) is 84.7 Å². The molecule has 0 aliphatic carbocycles. The van der Waals surface area contributed by atoms with E-state index >= 15 is 0 Å². The summed E-state index contributed by atoms with van der Waals surface area (Å²) < 4.78 is 5.79. The lowest BCUT2D eigenvalue weighted by molar-refractivity contribution is -0.117. The molecule has 168 valence electrons. The summed E-state index contributed by atoms with van der Waals surface area (Å²) in [7, 11) is 1.88. The minimum Gasteiger partial charge on any atom is -0.457 e. The summed E-state index contributed by atoms with van der Waals surface area (Å²) in [4.78, 5) is 15.8. The molecular weight excluding hydrogens is 436 g/mol. The Balaban J connectivity index is 1.33. The molecular formula is C24H24N6O2S. The molecule has 1 unspecified atom stereocenters. The van der Waals surface area contributed by atoms with Gasteiger partial charge in [-0.15, -0.1) is 16.9 Å². The van der Waals surface area contributed by atoms with Crippen molar-refractivity contribution in [2.24, 2.45) is 0 Å². The third kappa shape index (κ3) is 6.64. The van der Waals surface area contributed by atoms with Gasteiger partial charge in [-0.25, -0.2) is 5.10 Å². The number of likely N-dealkylation sites (N-methyl/N-ethyl adjacent to an activating group) is 1. The second kappa shape index (κ2) is 11.3. The van der Waals surface area contributed by atoms with E-state index in [-0.39, 0.29) is 18.5 Å². The average Bonchev–Trinajstić information content (AvgIpc) is 3.36. The molecule has 0 aliphatic rings. The van der Waals surface area contributed by atoms with Crippen LogP contribution in [0.5, 0.6) is 11.5 Å². The number of nitrogens with one attached hydrogen (secondary N) is 2. The van der Waals surface area contributed by atoms with E-state index < -0.39 is 0 Å². The zero-order valence-corrected chi connectivity index (χ0v) is 18.9. The van der Waals surface area contributed by atoms with Gasteiger partial charge in [-0.3, -0.25) is 9.69 Å². The summed E-state index contributed by atoms with van der Waals surface area (Å²) in [5.74, 6) is 2.65. The quantitative estimate of drug-likeness (QED) is 0.339. The van der Waals surface area contributed by atoms with E-state index in [9.17, 15) is 4.79 Å². The zero-order valence-electron chi connectivity index (χ0n) is 18.1. The number of anilines is 1. The number of tetrazole rings is 1. The summed E-state index contributed by atoms with van der Waals surface area (Å²) in [6.45, 7) is 0.184. The van der Waals surface area contributed by atoms with Gasteiger partial charge >= 0.3 is 0 Å². The van der Waals surface area contributed by atoms with Gasteiger partial charge in [-0.05, 0) is 66.0 Å². The van der Waals surface area contributed by atoms with Crippen LogP contribution < -0.4 is 10.1 Å². The first-order valence-electron chi connectivity index (χ1n) is 10.4. The summed E-state index contributed by atoms with van der Waals surface area (Å²) >= 11 is 1.69. The van der Waals surface area contributed by atoms with Gasteiger partial charge in [0, 0.05) is 16.3 Å². The highest BCUT2D eigenvalue weighted by molar-refractivity contribution is 7.99. The fraction of sp³-hybridized carbons (Fsp3) is 0.167. The summed E-state index contributed by atoms with van der Waals surface area (Å²) in [5.41, 5.74) is 0.699. The maximum Gasteiger partial charge on any atom is 0.238 e. The smallest absolute Gasteiger partial charge is 0.238 e. The molecule has 0 saturated carbocycles. The Morgan fingerprint density at radius 2 is 1.67 bits per heavy atom. The summed E-state index contributed by atoms with van der Waals surface area (Å²) in [6.07, 6.45) is 0. The third-order valence-electron chi connectivity index (χ3n) is 4.87. The van der Waals surface area contributed by atoms with E-state index in [2.05, 4.69) is 38.1 Å². The van der Waals surface area contributed by atoms with E-state index in [0.29, 0.717) is 23.0 Å². The van der Waals surface area contributed by atoms with Gasteiger partial charge in [-0.2, -0.15) is 0 Å². The molecule has 1 aromatic heterocycles. The van der Waals surface area contributed by atoms with Crippen LogP contribution in [0.15, 0.2) is 89.8 Å². The van der Waals surface area contributed by atoms with Crippen LogP contribution in [0.1, 0.15) is 11.9 Å². The Labute approximate surface area is 196 Å². The maximum absolute atomic E-state index is 12.7. The lowest BCUT2D eigenvalue weighted by atomic mass is 10.2. The monoisotopic (exact) mass is 460 g/mol. The number of rotatable bonds is 10. The molecule has 8 nitrogen and oxygen atoms in total. The summed E-state index contributed by atoms with van der Waals surface area (Å²) in [6, 6.07) is 26.8. The number of thioether (sulfide) groups is 1. The van der Waals surface area contributed by atoms with Crippen molar-refractivity contribution < 1.29 is 9.53 Å². The lowest BCUT2D eigenvalue weighted by Gasteiger charge is -2.25. The minimum absolute atomic E-state index is 0.128. The van der Waals surface area contributed by atoms with Gasteiger partial charge in [0.25, 0.3) is 0 Å². The standard InChI is InChI=1S/C24H24N6O2S/c1-30(22(24-26-28-29-27-24)17-33-21-10-6-3-7-11-21)16-23(31)25-18-12-14-20(15-13-18)32-19-8-4-2-5-9-19/h2-15,22H,16-17H2,1H3,(H,25,31)(H,26,27,28,29). The van der Waals surface area contributed by atoms with Crippen molar-refractivity contribution in [3.8, 4) is 11.5 Å². The number of ether oxygens (including phenoxy) is 1. The molecule has 0 saturated heterocycles. The van der Waals surface area contributed by atoms with Crippen molar-refractivity contribution in [1.82, 2.24) is 25.5 Å². The van der Waals surface area contributed by atoms with Crippen LogP contribution in [0.2, 0.25) is 0 Å². The predicted octanol–water partition coefficient (Wildman–Crippen LogP) is 4.40. The highest BCUT2D eigenvalue weighted by atomic mass is 32.2. The van der Waals surface area contributed by atoms with Crippen molar-refractivity contribution in [1.29, 1.82) is 0 Å². The summed E-state index contributed by atoms with van der Waals surface area (Å²) in [5, 5.41) is 17.2. The fourth-order valence-electron chi connectivity index (χ4n) is 3.18. The Morgan fingerprint density at radius 3 is 2.33 bits per heavy atom. The highest BCUT2D eigenvalue weighted by Gasteiger charge is 2.23. The van der Waals surface area contributed by atoms with Gasteiger partial charge in [-0.1, -0.05) is 36.4 Å². The van der Waals surface area contributed by atoms with Crippen molar-refractivity contribution in [3.63, 3.8) is 0 Å². The molecule has 0 bridgehead atoms. The Morgan fingerprint density at radius 1 is 1.00 bits per heavy atom. The number of carbonyl (C=O) groups excluding carboxylic acids is 1. The van der Waals surface area contributed by atoms with E-state index in [1.165, 1.54) is 0 Å². The molecule has 2 N–H and O–H groups in total. The molecule has 1 amide bonds. The van der Waals surface area contributed by atoms with Crippen LogP contribution in [-0.4, -0.2) is 50.8 Å². The first-order valence-corrected chi connectivity index (χ1v) is 11.4. The zero-order chi connectivity index (χ0) is 22.9. The molecule has 0 spiro atoms. The lowest BCUT2D eigenvalue weighted by Crippen LogP contribution is -2.35. The van der Waals surface area contributed by atoms with Gasteiger partial charge in [0.1, 0.15) is 11.5 Å². The van der Waals surface area contributed by atoms with E-state index in [1.54, 1.807) is 11.8 Å². The largest absolute Gasteiger partial charge is 0.457 e. The molecule has 1 heterocycles. The number of aromatic nitrogens is 4. The van der Waals surface area contributed by atoms with Crippen molar-refractivity contribution in [3.05, 3.63) is 90.8 Å². The van der Waals surface area contributed by atoms with Crippen LogP contribution >= 0.6 is 11.8 Å². The molecule has 33 heavy (non-hydrogen) atoms. The number of nitrogens with zero attached hydrogens (tertiary/aromatic N) is 4. The number of H-pyrrole nitrogens is 1. The third-order valence-corrected chi connectivity index (χ3v) is 5.96. The van der Waals surface area contributed by atoms with Gasteiger partial charge in [0.2, 0.25) is 5.91 Å². The van der Waals surface area contributed by atoms with E-state index in [4.69, 9.17) is 4.74 Å². The van der Waals surface area contributed by atoms with Gasteiger partial charge < -0.3 is 10.1 Å². The van der Waals surface area contributed by atoms with Crippen LogP contribution in [-0.2, 0) is 4.79 Å². The van der Waals surface area contributed by atoms with Gasteiger partial charge in [0.05, 0.1) is 12.6 Å². The molecule has 1 atom stereocenters. The Hall–Kier alpha value is -3.69. The number of carbonyl (C=O) groups is 1. The number of para-hydroxylation sites is 1. The molecule has 3 aromatic carbocycles. The first kappa shape index (κ1) is 22.5. The topological polar surface area (TPSA) is 96.0 Å². The fourth-order valence-corrected chi connectivity index (χ4v) is 4.29. The van der Waals surface area contributed by atoms with E-state index in [0.717, 1.165) is 10.6 Å². The van der Waals surface area contributed by atoms with Gasteiger partial charge in [0.15, 0.2) is 5.82 Å². The Bertz CT molecular complexity index is 1120. The first-order chi connectivity index (χ1) is 16.2. The van der Waals surface area contributed by atoms with Crippen LogP contribution in [0.3, 0.4) is 0 Å². The van der Waals surface area contributed by atoms with Crippen LogP contribution in [0.25, 0.3) is 0 Å². The van der Waals surface area contributed by atoms with Crippen molar-refractivity contribution in [2.75, 3.05) is 24.7 Å². The maximum atomic E-state index is 12.7. The molecule has 0 aliphatic heterocycles. The van der Waals surface area contributed by atoms with Crippen LogP contribution in [0, 0.1) is 0 Å². The van der Waals surface area contributed by atoms with Crippen LogP contribution in [0.4, 0.5) is 5.69 Å². The molecule has 0 fully saturated rings. The number of aromatic amines is 1.